The molecule has 0 spiro atoms. The second kappa shape index (κ2) is 7.05. The van der Waals surface area contributed by atoms with Crippen LogP contribution in [0.2, 0.25) is 0 Å². The molecule has 1 heterocycles. The van der Waals surface area contributed by atoms with Crippen LogP contribution in [-0.2, 0) is 11.3 Å². The van der Waals surface area contributed by atoms with Crippen molar-refractivity contribution >= 4 is 23.4 Å². The minimum Gasteiger partial charge on any atom is -0.480 e. The fraction of sp³-hybridized carbons (Fsp3) is 0.214. The number of benzene rings is 1. The van der Waals surface area contributed by atoms with Gasteiger partial charge in [0.05, 0.1) is 4.92 Å². The van der Waals surface area contributed by atoms with Gasteiger partial charge in [0, 0.05) is 24.2 Å². The molecule has 1 N–H and O–H groups in total. The Morgan fingerprint density at radius 1 is 1.48 bits per heavy atom. The molecule has 1 aromatic carbocycles. The van der Waals surface area contributed by atoms with Gasteiger partial charge in [-0.1, -0.05) is 17.8 Å². The molecule has 8 nitrogen and oxygen atoms in total. The zero-order valence-electron chi connectivity index (χ0n) is 12.2. The number of rotatable bonds is 7. The maximum Gasteiger partial charge on any atom is 0.316 e. The Bertz CT molecular complexity index is 742. The second-order valence-electron chi connectivity index (χ2n) is 4.61. The molecule has 1 aromatic heterocycles. The Balaban J connectivity index is 2.38. The van der Waals surface area contributed by atoms with Crippen molar-refractivity contribution in [1.29, 1.82) is 0 Å². The Kier molecular flexibility index (Phi) is 5.12. The summed E-state index contributed by atoms with van der Waals surface area (Å²) in [4.78, 5) is 21.2. The van der Waals surface area contributed by atoms with Crippen molar-refractivity contribution in [2.45, 2.75) is 23.9 Å². The Hall–Kier alpha value is -2.68. The largest absolute Gasteiger partial charge is 0.480 e. The fourth-order valence-corrected chi connectivity index (χ4v) is 2.62. The van der Waals surface area contributed by atoms with Crippen LogP contribution in [0.25, 0.3) is 11.4 Å². The summed E-state index contributed by atoms with van der Waals surface area (Å²) in [5.74, 6) is -0.445. The van der Waals surface area contributed by atoms with Gasteiger partial charge in [0.15, 0.2) is 11.0 Å². The second-order valence-corrected chi connectivity index (χ2v) is 5.92. The molecule has 0 saturated heterocycles. The van der Waals surface area contributed by atoms with Crippen LogP contribution >= 0.6 is 11.8 Å². The average Bonchev–Trinajstić information content (AvgIpc) is 2.90. The first kappa shape index (κ1) is 16.7. The molecule has 23 heavy (non-hydrogen) atoms. The van der Waals surface area contributed by atoms with Crippen molar-refractivity contribution in [3.63, 3.8) is 0 Å². The molecule has 2 aromatic rings. The number of hydrogen-bond acceptors (Lipinski definition) is 6. The molecule has 0 saturated carbocycles. The first-order valence-corrected chi connectivity index (χ1v) is 7.50. The van der Waals surface area contributed by atoms with E-state index in [0.717, 1.165) is 11.8 Å². The van der Waals surface area contributed by atoms with E-state index in [-0.39, 0.29) is 5.69 Å². The lowest BCUT2D eigenvalue weighted by Gasteiger charge is -2.09. The van der Waals surface area contributed by atoms with Gasteiger partial charge in [-0.2, -0.15) is 0 Å². The first-order chi connectivity index (χ1) is 10.9. The van der Waals surface area contributed by atoms with Gasteiger partial charge >= 0.3 is 5.97 Å². The van der Waals surface area contributed by atoms with Gasteiger partial charge in [0.2, 0.25) is 0 Å². The van der Waals surface area contributed by atoms with E-state index in [1.165, 1.54) is 12.1 Å². The lowest BCUT2D eigenvalue weighted by atomic mass is 10.2. The molecular formula is C14H14N4O4S. The van der Waals surface area contributed by atoms with Gasteiger partial charge in [0.1, 0.15) is 5.25 Å². The normalized spacial score (nSPS) is 11.9. The van der Waals surface area contributed by atoms with E-state index in [4.69, 9.17) is 5.11 Å². The van der Waals surface area contributed by atoms with Crippen LogP contribution in [0.5, 0.6) is 0 Å². The predicted octanol–water partition coefficient (Wildman–Crippen LogP) is 2.60. The molecule has 0 aliphatic heterocycles. The molecule has 1 atom stereocenters. The highest BCUT2D eigenvalue weighted by Crippen LogP contribution is 2.27. The highest BCUT2D eigenvalue weighted by atomic mass is 32.2. The Morgan fingerprint density at radius 2 is 2.13 bits per heavy atom. The van der Waals surface area contributed by atoms with Gasteiger partial charge in [-0.3, -0.25) is 19.5 Å². The van der Waals surface area contributed by atoms with Gasteiger partial charge in [-0.15, -0.1) is 16.8 Å². The summed E-state index contributed by atoms with van der Waals surface area (Å²) in [5, 5.41) is 27.6. The lowest BCUT2D eigenvalue weighted by molar-refractivity contribution is -0.384. The van der Waals surface area contributed by atoms with Crippen molar-refractivity contribution in [1.82, 2.24) is 14.8 Å². The highest BCUT2D eigenvalue weighted by Gasteiger charge is 2.20. The number of carboxylic acids is 1. The fourth-order valence-electron chi connectivity index (χ4n) is 1.82. The van der Waals surface area contributed by atoms with E-state index in [1.807, 2.05) is 0 Å². The quantitative estimate of drug-likeness (QED) is 0.358. The third-order valence-corrected chi connectivity index (χ3v) is 4.06. The number of non-ortho nitro benzene ring substituents is 1. The lowest BCUT2D eigenvalue weighted by Crippen LogP contribution is -2.13. The van der Waals surface area contributed by atoms with Crippen LogP contribution in [0, 0.1) is 10.1 Å². The highest BCUT2D eigenvalue weighted by molar-refractivity contribution is 8.00. The van der Waals surface area contributed by atoms with Crippen molar-refractivity contribution in [2.24, 2.45) is 0 Å². The van der Waals surface area contributed by atoms with Crippen molar-refractivity contribution in [3.8, 4) is 11.4 Å². The van der Waals surface area contributed by atoms with Crippen LogP contribution in [0.4, 0.5) is 5.69 Å². The van der Waals surface area contributed by atoms with Crippen LogP contribution in [-0.4, -0.2) is 36.0 Å². The van der Waals surface area contributed by atoms with Crippen molar-refractivity contribution < 1.29 is 14.8 Å². The molecule has 0 fully saturated rings. The number of allylic oxidation sites excluding steroid dienone is 1. The third-order valence-electron chi connectivity index (χ3n) is 2.99. The van der Waals surface area contributed by atoms with E-state index in [2.05, 4.69) is 16.8 Å². The number of aliphatic carboxylic acids is 1. The summed E-state index contributed by atoms with van der Waals surface area (Å²) in [7, 11) is 0. The molecule has 0 bridgehead atoms. The van der Waals surface area contributed by atoms with Gasteiger partial charge < -0.3 is 5.11 Å². The average molecular weight is 334 g/mol. The summed E-state index contributed by atoms with van der Waals surface area (Å²) in [6, 6.07) is 5.93. The van der Waals surface area contributed by atoms with Gasteiger partial charge in [0.25, 0.3) is 5.69 Å². The summed E-state index contributed by atoms with van der Waals surface area (Å²) >= 11 is 1.08. The summed E-state index contributed by atoms with van der Waals surface area (Å²) in [6.07, 6.45) is 1.65. The number of nitro groups is 1. The summed E-state index contributed by atoms with van der Waals surface area (Å²) < 4.78 is 1.72. The predicted molar refractivity (Wildman–Crippen MR) is 85.3 cm³/mol. The Labute approximate surface area is 136 Å². The van der Waals surface area contributed by atoms with E-state index in [1.54, 1.807) is 29.7 Å². The number of carboxylic acid groups (broad SMARTS) is 1. The molecule has 0 aliphatic rings. The third kappa shape index (κ3) is 3.75. The molecular weight excluding hydrogens is 320 g/mol. The van der Waals surface area contributed by atoms with E-state index in [0.29, 0.717) is 23.1 Å². The van der Waals surface area contributed by atoms with E-state index >= 15 is 0 Å². The monoisotopic (exact) mass is 334 g/mol. The van der Waals surface area contributed by atoms with E-state index < -0.39 is 16.1 Å². The maximum atomic E-state index is 11.0. The molecule has 0 unspecified atom stereocenters. The maximum absolute atomic E-state index is 11.0. The van der Waals surface area contributed by atoms with Crippen LogP contribution < -0.4 is 0 Å². The van der Waals surface area contributed by atoms with Crippen LogP contribution in [0.1, 0.15) is 6.92 Å². The van der Waals surface area contributed by atoms with Crippen molar-refractivity contribution in [2.75, 3.05) is 0 Å². The number of thioether (sulfide) groups is 1. The topological polar surface area (TPSA) is 111 Å². The Morgan fingerprint density at radius 3 is 2.65 bits per heavy atom. The molecule has 9 heteroatoms. The van der Waals surface area contributed by atoms with Gasteiger partial charge in [-0.25, -0.2) is 0 Å². The smallest absolute Gasteiger partial charge is 0.316 e. The first-order valence-electron chi connectivity index (χ1n) is 6.62. The van der Waals surface area contributed by atoms with Crippen LogP contribution in [0.3, 0.4) is 0 Å². The van der Waals surface area contributed by atoms with Gasteiger partial charge in [-0.05, 0) is 19.1 Å². The molecule has 0 aliphatic carbocycles. The summed E-state index contributed by atoms with van der Waals surface area (Å²) in [5.41, 5.74) is 0.636. The number of aromatic nitrogens is 3. The summed E-state index contributed by atoms with van der Waals surface area (Å²) in [6.45, 7) is 5.63. The zero-order chi connectivity index (χ0) is 17.0. The molecule has 120 valence electrons. The number of carbonyl (C=O) groups is 1. The SMILES string of the molecule is C=CCn1c(S[C@@H](C)C(=O)O)nnc1-c1ccc([N+](=O)[O-])cc1. The van der Waals surface area contributed by atoms with E-state index in [9.17, 15) is 14.9 Å². The standard InChI is InChI=1S/C14H14N4O4S/c1-3-8-17-12(10-4-6-11(7-5-10)18(21)22)15-16-14(17)23-9(2)13(19)20/h3-7,9H,1,8H2,2H3,(H,19,20)/t9-/m0/s1. The molecule has 0 radical (unpaired) electrons. The minimum absolute atomic E-state index is 0.0161. The minimum atomic E-state index is -0.944. The number of hydrogen-bond donors (Lipinski definition) is 1. The number of nitro benzene ring substituents is 1. The number of nitrogens with zero attached hydrogens (tertiary/aromatic N) is 4. The van der Waals surface area contributed by atoms with Crippen molar-refractivity contribution in [3.05, 3.63) is 47.0 Å². The molecule has 2 rings (SSSR count). The molecule has 0 amide bonds. The zero-order valence-corrected chi connectivity index (χ0v) is 13.1. The van der Waals surface area contributed by atoms with Crippen LogP contribution in [0.15, 0.2) is 42.1 Å².